The molecule has 0 spiro atoms. The number of benzene rings is 6. The van der Waals surface area contributed by atoms with Crippen molar-refractivity contribution in [2.24, 2.45) is 5.73 Å². The maximum atomic E-state index is 13.3. The number of carbonyl (C=O) groups excluding carboxylic acids is 1. The molecule has 8 aromatic rings. The Morgan fingerprint density at radius 2 is 0.921 bits per heavy atom. The molecule has 2 saturated heterocycles. The maximum Gasteiger partial charge on any atom is 0.268 e. The first-order valence-electron chi connectivity index (χ1n) is 26.0. The SMILES string of the molecule is CC(C)Oc1ccccc1OCCCCN1CCN(c2cccc3c2ccn3S(=O)(=O)c2ccccc2)CC1.NC(=O)c1ccccc1OCCCN1CCN(c2cccc3c2ccn3S(=O)(=O)c2ccccc2)CC1. The number of rotatable bonds is 20. The number of carbonyl (C=O) groups is 1. The number of hydrogen-bond donors (Lipinski definition) is 1. The Bertz CT molecular complexity index is 3430. The highest BCUT2D eigenvalue weighted by Gasteiger charge is 2.25. The van der Waals surface area contributed by atoms with Crippen LogP contribution in [0.4, 0.5) is 11.4 Å². The van der Waals surface area contributed by atoms with E-state index in [1.54, 1.807) is 85.2 Å². The number of primary amides is 1. The number of ether oxygens (including phenoxy) is 3. The molecule has 0 radical (unpaired) electrons. The number of nitrogens with zero attached hydrogens (tertiary/aromatic N) is 6. The number of anilines is 2. The molecule has 0 aliphatic carbocycles. The summed E-state index contributed by atoms with van der Waals surface area (Å²) in [6.07, 6.45) is 6.32. The predicted molar refractivity (Wildman–Crippen MR) is 301 cm³/mol. The van der Waals surface area contributed by atoms with Gasteiger partial charge in [-0.25, -0.2) is 24.8 Å². The number of amides is 1. The molecule has 2 N–H and O–H groups in total. The van der Waals surface area contributed by atoms with Gasteiger partial charge in [0.25, 0.3) is 26.0 Å². The number of hydrogen-bond acceptors (Lipinski definition) is 12. The molecule has 2 fully saturated rings. The van der Waals surface area contributed by atoms with E-state index < -0.39 is 26.0 Å². The normalized spacial score (nSPS) is 14.7. The Morgan fingerprint density at radius 1 is 0.487 bits per heavy atom. The van der Waals surface area contributed by atoms with Gasteiger partial charge in [0.2, 0.25) is 0 Å². The van der Waals surface area contributed by atoms with E-state index in [-0.39, 0.29) is 11.0 Å². The van der Waals surface area contributed by atoms with Gasteiger partial charge in [0.05, 0.1) is 45.7 Å². The van der Waals surface area contributed by atoms with Crippen molar-refractivity contribution >= 4 is 59.1 Å². The first-order chi connectivity index (χ1) is 36.9. The summed E-state index contributed by atoms with van der Waals surface area (Å²) in [6.45, 7) is 14.4. The van der Waals surface area contributed by atoms with Crippen molar-refractivity contribution in [3.63, 3.8) is 0 Å². The molecule has 0 bridgehead atoms. The lowest BCUT2D eigenvalue weighted by atomic mass is 10.1. The minimum atomic E-state index is -3.67. The highest BCUT2D eigenvalue weighted by molar-refractivity contribution is 7.90. The van der Waals surface area contributed by atoms with E-state index in [2.05, 4.69) is 31.7 Å². The third-order valence-electron chi connectivity index (χ3n) is 13.7. The molecular weight excluding hydrogens is 999 g/mol. The van der Waals surface area contributed by atoms with E-state index in [0.29, 0.717) is 40.5 Å². The van der Waals surface area contributed by atoms with Crippen LogP contribution in [0, 0.1) is 0 Å². The Morgan fingerprint density at radius 3 is 1.42 bits per heavy atom. The number of nitrogens with two attached hydrogens (primary N) is 1. The van der Waals surface area contributed by atoms with E-state index in [1.807, 2.05) is 86.6 Å². The molecule has 10 rings (SSSR count). The fraction of sp³-hybridized carbons (Fsp3) is 0.305. The fourth-order valence-corrected chi connectivity index (χ4v) is 12.6. The quantitative estimate of drug-likeness (QED) is 0.0722. The Hall–Kier alpha value is -7.31. The smallest absolute Gasteiger partial charge is 0.268 e. The van der Waals surface area contributed by atoms with Gasteiger partial charge in [-0.15, -0.1) is 0 Å². The zero-order chi connectivity index (χ0) is 53.1. The topological polar surface area (TPSA) is 162 Å². The lowest BCUT2D eigenvalue weighted by Crippen LogP contribution is -2.46. The average Bonchev–Trinajstić information content (AvgIpc) is 4.14. The molecule has 2 aliphatic heterocycles. The monoisotopic (exact) mass is 1070 g/mol. The molecule has 2 aromatic heterocycles. The summed E-state index contributed by atoms with van der Waals surface area (Å²) < 4.78 is 73.3. The number of aromatic nitrogens is 2. The van der Waals surface area contributed by atoms with Crippen molar-refractivity contribution in [3.05, 3.63) is 176 Å². The second kappa shape index (κ2) is 24.6. The van der Waals surface area contributed by atoms with Crippen LogP contribution in [-0.4, -0.2) is 125 Å². The van der Waals surface area contributed by atoms with Gasteiger partial charge >= 0.3 is 0 Å². The van der Waals surface area contributed by atoms with Crippen LogP contribution < -0.4 is 29.7 Å². The highest BCUT2D eigenvalue weighted by Crippen LogP contribution is 2.33. The van der Waals surface area contributed by atoms with Gasteiger partial charge in [-0.2, -0.15) is 0 Å². The van der Waals surface area contributed by atoms with Gasteiger partial charge < -0.3 is 29.7 Å². The van der Waals surface area contributed by atoms with Gasteiger partial charge in [0.15, 0.2) is 11.5 Å². The number of fused-ring (bicyclic) bond motifs is 2. The standard InChI is InChI=1S/C31H37N3O4S.C28H30N4O4S/c1-25(2)38-31-16-7-6-15-30(31)37-24-9-8-18-32-20-22-33(23-21-32)28-13-10-14-29-27(28)17-19-34(29)39(35,36)26-11-4-3-5-12-26;29-28(33)24-10-4-5-13-27(24)36-21-7-15-30-17-19-31(20-18-30)25-11-6-12-26-23(25)14-16-32(26)37(34,35)22-8-2-1-3-9-22/h3-7,10-17,19,25H,8-9,18,20-24H2,1-2H3;1-6,8-14,16H,7,15,17-21H2,(H2,29,33). The van der Waals surface area contributed by atoms with Gasteiger partial charge in [0, 0.05) is 93.4 Å². The van der Waals surface area contributed by atoms with Crippen molar-refractivity contribution in [2.75, 3.05) is 88.5 Å². The molecular formula is C59H67N7O8S2. The molecule has 0 unspecified atom stereocenters. The fourth-order valence-electron chi connectivity index (χ4n) is 9.87. The van der Waals surface area contributed by atoms with Gasteiger partial charge in [-0.3, -0.25) is 14.6 Å². The second-order valence-corrected chi connectivity index (χ2v) is 22.8. The molecule has 76 heavy (non-hydrogen) atoms. The Kier molecular flexibility index (Phi) is 17.3. The van der Waals surface area contributed by atoms with E-state index in [0.717, 1.165) is 118 Å². The first-order valence-corrected chi connectivity index (χ1v) is 28.9. The molecule has 2 aliphatic rings. The summed E-state index contributed by atoms with van der Waals surface area (Å²) in [5.41, 5.74) is 9.34. The van der Waals surface area contributed by atoms with Crippen molar-refractivity contribution in [1.82, 2.24) is 17.7 Å². The molecule has 17 heteroatoms. The van der Waals surface area contributed by atoms with E-state index in [4.69, 9.17) is 19.9 Å². The van der Waals surface area contributed by atoms with Crippen molar-refractivity contribution in [2.45, 2.75) is 49.0 Å². The van der Waals surface area contributed by atoms with E-state index >= 15 is 0 Å². The van der Waals surface area contributed by atoms with Crippen LogP contribution in [-0.2, 0) is 20.0 Å². The predicted octanol–water partition coefficient (Wildman–Crippen LogP) is 9.22. The van der Waals surface area contributed by atoms with Crippen LogP contribution in [0.3, 0.4) is 0 Å². The summed E-state index contributed by atoms with van der Waals surface area (Å²) in [6, 6.07) is 47.5. The molecule has 1 amide bonds. The first kappa shape index (κ1) is 53.5. The summed E-state index contributed by atoms with van der Waals surface area (Å²) in [5.74, 6) is 1.63. The van der Waals surface area contributed by atoms with Crippen LogP contribution >= 0.6 is 0 Å². The van der Waals surface area contributed by atoms with Gasteiger partial charge in [-0.05, 0) is 125 Å². The van der Waals surface area contributed by atoms with Gasteiger partial charge in [0.1, 0.15) is 5.75 Å². The van der Waals surface area contributed by atoms with Crippen LogP contribution in [0.15, 0.2) is 180 Å². The minimum Gasteiger partial charge on any atom is -0.493 e. The molecule has 0 atom stereocenters. The van der Waals surface area contributed by atoms with E-state index in [9.17, 15) is 21.6 Å². The zero-order valence-corrected chi connectivity index (χ0v) is 44.8. The Balaban J connectivity index is 0.000000186. The summed E-state index contributed by atoms with van der Waals surface area (Å²) in [4.78, 5) is 21.7. The van der Waals surface area contributed by atoms with Crippen molar-refractivity contribution in [3.8, 4) is 17.2 Å². The lowest BCUT2D eigenvalue weighted by molar-refractivity contribution is 0.0996. The van der Waals surface area contributed by atoms with Gasteiger partial charge in [-0.1, -0.05) is 72.8 Å². The number of unbranched alkanes of at least 4 members (excludes halogenated alkanes) is 1. The third-order valence-corrected chi connectivity index (χ3v) is 17.1. The summed E-state index contributed by atoms with van der Waals surface area (Å²) in [7, 11) is -7.31. The molecule has 15 nitrogen and oxygen atoms in total. The maximum absolute atomic E-state index is 13.3. The molecule has 0 saturated carbocycles. The summed E-state index contributed by atoms with van der Waals surface area (Å²) in [5, 5.41) is 1.89. The molecule has 398 valence electrons. The average molecular weight is 1070 g/mol. The third kappa shape index (κ3) is 12.5. The molecule has 6 aromatic carbocycles. The summed E-state index contributed by atoms with van der Waals surface area (Å²) >= 11 is 0. The Labute approximate surface area is 446 Å². The number of para-hydroxylation sites is 3. The molecule has 4 heterocycles. The van der Waals surface area contributed by atoms with Crippen LogP contribution in [0.2, 0.25) is 0 Å². The van der Waals surface area contributed by atoms with Crippen LogP contribution in [0.5, 0.6) is 17.2 Å². The highest BCUT2D eigenvalue weighted by atomic mass is 32.2. The minimum absolute atomic E-state index is 0.114. The van der Waals surface area contributed by atoms with Crippen molar-refractivity contribution < 1.29 is 35.8 Å². The lowest BCUT2D eigenvalue weighted by Gasteiger charge is -2.36. The number of piperazine rings is 2. The largest absolute Gasteiger partial charge is 0.493 e. The van der Waals surface area contributed by atoms with E-state index in [1.165, 1.54) is 7.94 Å². The van der Waals surface area contributed by atoms with Crippen LogP contribution in [0.25, 0.3) is 21.8 Å². The van der Waals surface area contributed by atoms with Crippen molar-refractivity contribution in [1.29, 1.82) is 0 Å². The second-order valence-electron chi connectivity index (χ2n) is 19.2. The zero-order valence-electron chi connectivity index (χ0n) is 43.2. The van der Waals surface area contributed by atoms with Crippen LogP contribution in [0.1, 0.15) is 43.5 Å².